The second-order valence-electron chi connectivity index (χ2n) is 9.08. The van der Waals surface area contributed by atoms with Gasteiger partial charge in [0.15, 0.2) is 0 Å². The van der Waals surface area contributed by atoms with Gasteiger partial charge in [0.25, 0.3) is 0 Å². The Labute approximate surface area is 207 Å². The van der Waals surface area contributed by atoms with E-state index in [1.54, 1.807) is 51.1 Å². The number of methoxy groups -OCH3 is 1. The number of carbonyl (C=O) groups is 4. The van der Waals surface area contributed by atoms with Crippen molar-refractivity contribution >= 4 is 23.9 Å². The van der Waals surface area contributed by atoms with Gasteiger partial charge in [0, 0.05) is 6.54 Å². The van der Waals surface area contributed by atoms with Crippen molar-refractivity contribution in [3.63, 3.8) is 0 Å². The number of benzene rings is 1. The molecule has 35 heavy (non-hydrogen) atoms. The van der Waals surface area contributed by atoms with Crippen LogP contribution < -0.4 is 10.6 Å². The second-order valence-corrected chi connectivity index (χ2v) is 9.08. The molecule has 0 heterocycles. The molecule has 0 aromatic heterocycles. The van der Waals surface area contributed by atoms with Gasteiger partial charge in [-0.25, -0.2) is 4.79 Å². The van der Waals surface area contributed by atoms with Gasteiger partial charge >= 0.3 is 12.1 Å². The summed E-state index contributed by atoms with van der Waals surface area (Å²) in [6.45, 7) is 6.25. The standard InChI is InChI=1S/C25H39N3O7/c1-6-7-8-12-15-28(23(32)19(17-29)27-24(33)35-25(2,3)4)21(18-13-10-9-11-14-18)22(31)26-16-20(30)34-5/h9-11,13-14,19,21,29H,6-8,12,15-17H2,1-5H3,(H,26,31)(H,27,33). The number of hydrogen-bond acceptors (Lipinski definition) is 7. The molecule has 0 saturated carbocycles. The summed E-state index contributed by atoms with van der Waals surface area (Å²) in [6, 6.07) is 6.23. The van der Waals surface area contributed by atoms with Gasteiger partial charge in [-0.05, 0) is 32.8 Å². The molecule has 10 heteroatoms. The van der Waals surface area contributed by atoms with Crippen LogP contribution in [0.5, 0.6) is 0 Å². The summed E-state index contributed by atoms with van der Waals surface area (Å²) in [7, 11) is 1.21. The van der Waals surface area contributed by atoms with E-state index in [2.05, 4.69) is 22.3 Å². The molecule has 3 N–H and O–H groups in total. The van der Waals surface area contributed by atoms with E-state index in [9.17, 15) is 24.3 Å². The zero-order chi connectivity index (χ0) is 26.4. The largest absolute Gasteiger partial charge is 0.468 e. The van der Waals surface area contributed by atoms with E-state index in [-0.39, 0.29) is 13.1 Å². The molecule has 0 aliphatic rings. The number of ether oxygens (including phenoxy) is 2. The fraction of sp³-hybridized carbons (Fsp3) is 0.600. The van der Waals surface area contributed by atoms with Crippen LogP contribution in [0.2, 0.25) is 0 Å². The molecule has 1 aromatic carbocycles. The molecule has 0 fully saturated rings. The smallest absolute Gasteiger partial charge is 0.408 e. The number of nitrogens with one attached hydrogen (secondary N) is 2. The zero-order valence-electron chi connectivity index (χ0n) is 21.3. The Bertz CT molecular complexity index is 824. The Kier molecular flexibility index (Phi) is 12.8. The molecule has 2 unspecified atom stereocenters. The number of rotatable bonds is 13. The molecule has 10 nitrogen and oxygen atoms in total. The van der Waals surface area contributed by atoms with E-state index in [1.807, 2.05) is 0 Å². The van der Waals surface area contributed by atoms with Crippen molar-refractivity contribution in [3.05, 3.63) is 35.9 Å². The number of amides is 3. The molecule has 0 radical (unpaired) electrons. The van der Waals surface area contributed by atoms with Crippen molar-refractivity contribution in [2.45, 2.75) is 71.1 Å². The Morgan fingerprint density at radius 2 is 1.71 bits per heavy atom. The minimum absolute atomic E-state index is 0.205. The maximum atomic E-state index is 13.6. The molecule has 0 spiro atoms. The van der Waals surface area contributed by atoms with Gasteiger partial charge in [0.1, 0.15) is 24.2 Å². The molecule has 0 saturated heterocycles. The first-order chi connectivity index (χ1) is 16.5. The maximum absolute atomic E-state index is 13.6. The summed E-state index contributed by atoms with van der Waals surface area (Å²) in [4.78, 5) is 52.0. The first-order valence-electron chi connectivity index (χ1n) is 11.8. The quantitative estimate of drug-likeness (QED) is 0.284. The summed E-state index contributed by atoms with van der Waals surface area (Å²) in [5.74, 6) is -1.86. The molecular weight excluding hydrogens is 454 g/mol. The van der Waals surface area contributed by atoms with Crippen LogP contribution in [0.3, 0.4) is 0 Å². The average molecular weight is 494 g/mol. The number of aliphatic hydroxyl groups is 1. The highest BCUT2D eigenvalue weighted by atomic mass is 16.6. The molecule has 0 aliphatic heterocycles. The SMILES string of the molecule is CCCCCCN(C(=O)C(CO)NC(=O)OC(C)(C)C)C(C(=O)NCC(=O)OC)c1ccccc1. The van der Waals surface area contributed by atoms with Gasteiger partial charge in [-0.15, -0.1) is 0 Å². The number of alkyl carbamates (subject to hydrolysis) is 1. The van der Waals surface area contributed by atoms with Gasteiger partial charge in [-0.1, -0.05) is 56.5 Å². The van der Waals surface area contributed by atoms with Crippen molar-refractivity contribution in [1.29, 1.82) is 0 Å². The zero-order valence-corrected chi connectivity index (χ0v) is 21.3. The number of nitrogens with zero attached hydrogens (tertiary/aromatic N) is 1. The van der Waals surface area contributed by atoms with Gasteiger partial charge in [0.05, 0.1) is 13.7 Å². The van der Waals surface area contributed by atoms with Crippen LogP contribution >= 0.6 is 0 Å². The molecule has 196 valence electrons. The number of carbonyl (C=O) groups excluding carboxylic acids is 4. The van der Waals surface area contributed by atoms with Crippen LogP contribution in [0, 0.1) is 0 Å². The van der Waals surface area contributed by atoms with Crippen LogP contribution in [-0.2, 0) is 23.9 Å². The molecule has 0 bridgehead atoms. The lowest BCUT2D eigenvalue weighted by Crippen LogP contribution is -2.54. The predicted octanol–water partition coefficient (Wildman–Crippen LogP) is 2.31. The Morgan fingerprint density at radius 1 is 1.06 bits per heavy atom. The van der Waals surface area contributed by atoms with Crippen LogP contribution in [-0.4, -0.2) is 72.3 Å². The Hall–Kier alpha value is -3.14. The first kappa shape index (κ1) is 29.9. The average Bonchev–Trinajstić information content (AvgIpc) is 2.81. The maximum Gasteiger partial charge on any atom is 0.408 e. The topological polar surface area (TPSA) is 134 Å². The molecule has 0 aliphatic carbocycles. The van der Waals surface area contributed by atoms with E-state index in [1.165, 1.54) is 12.0 Å². The first-order valence-corrected chi connectivity index (χ1v) is 11.8. The minimum atomic E-state index is -1.32. The van der Waals surface area contributed by atoms with Crippen LogP contribution in [0.1, 0.15) is 65.0 Å². The van der Waals surface area contributed by atoms with E-state index in [0.29, 0.717) is 12.0 Å². The minimum Gasteiger partial charge on any atom is -0.468 e. The van der Waals surface area contributed by atoms with Crippen molar-refractivity contribution in [3.8, 4) is 0 Å². The highest BCUT2D eigenvalue weighted by Crippen LogP contribution is 2.23. The van der Waals surface area contributed by atoms with Crippen LogP contribution in [0.4, 0.5) is 4.79 Å². The molecular formula is C25H39N3O7. The van der Waals surface area contributed by atoms with Gasteiger partial charge in [-0.2, -0.15) is 0 Å². The predicted molar refractivity (Wildman–Crippen MR) is 130 cm³/mol. The lowest BCUT2D eigenvalue weighted by atomic mass is 10.0. The number of esters is 1. The van der Waals surface area contributed by atoms with Crippen molar-refractivity contribution in [1.82, 2.24) is 15.5 Å². The summed E-state index contributed by atoms with van der Waals surface area (Å²) in [6.07, 6.45) is 2.51. The molecule has 1 rings (SSSR count). The number of hydrogen-bond donors (Lipinski definition) is 3. The monoisotopic (exact) mass is 493 g/mol. The fourth-order valence-electron chi connectivity index (χ4n) is 3.35. The van der Waals surface area contributed by atoms with Crippen molar-refractivity contribution < 1.29 is 33.8 Å². The van der Waals surface area contributed by atoms with Gasteiger partial charge < -0.3 is 30.1 Å². The van der Waals surface area contributed by atoms with Crippen molar-refractivity contribution in [2.75, 3.05) is 26.8 Å². The van der Waals surface area contributed by atoms with Crippen LogP contribution in [0.15, 0.2) is 30.3 Å². The normalized spacial score (nSPS) is 12.7. The summed E-state index contributed by atoms with van der Waals surface area (Å²) >= 11 is 0. The van der Waals surface area contributed by atoms with E-state index >= 15 is 0 Å². The highest BCUT2D eigenvalue weighted by Gasteiger charge is 2.36. The van der Waals surface area contributed by atoms with E-state index in [4.69, 9.17) is 4.74 Å². The lowest BCUT2D eigenvalue weighted by Gasteiger charge is -2.34. The Balaban J connectivity index is 3.29. The Morgan fingerprint density at radius 3 is 2.26 bits per heavy atom. The summed E-state index contributed by atoms with van der Waals surface area (Å²) in [5.41, 5.74) is -0.277. The van der Waals surface area contributed by atoms with Crippen molar-refractivity contribution in [2.24, 2.45) is 0 Å². The van der Waals surface area contributed by atoms with Gasteiger partial charge in [-0.3, -0.25) is 14.4 Å². The number of aliphatic hydroxyl groups excluding tert-OH is 1. The highest BCUT2D eigenvalue weighted by molar-refractivity contribution is 5.93. The summed E-state index contributed by atoms with van der Waals surface area (Å²) in [5, 5.41) is 14.8. The third-order valence-electron chi connectivity index (χ3n) is 5.02. The number of unbranched alkanes of at least 4 members (excludes halogenated alkanes) is 3. The van der Waals surface area contributed by atoms with E-state index < -0.39 is 48.2 Å². The van der Waals surface area contributed by atoms with E-state index in [0.717, 1.165) is 19.3 Å². The fourth-order valence-corrected chi connectivity index (χ4v) is 3.35. The van der Waals surface area contributed by atoms with Gasteiger partial charge in [0.2, 0.25) is 11.8 Å². The molecule has 3 amide bonds. The van der Waals surface area contributed by atoms with Crippen LogP contribution in [0.25, 0.3) is 0 Å². The second kappa shape index (κ2) is 15.0. The lowest BCUT2D eigenvalue weighted by molar-refractivity contribution is -0.145. The third kappa shape index (κ3) is 10.8. The summed E-state index contributed by atoms with van der Waals surface area (Å²) < 4.78 is 9.82. The molecule has 1 aromatic rings. The third-order valence-corrected chi connectivity index (χ3v) is 5.02. The molecule has 2 atom stereocenters.